The molecule has 0 radical (unpaired) electrons. The third-order valence-electron chi connectivity index (χ3n) is 1.35. The van der Waals surface area contributed by atoms with Crippen LogP contribution in [0.2, 0.25) is 0 Å². The molecule has 0 saturated heterocycles. The lowest BCUT2D eigenvalue weighted by Crippen LogP contribution is -2.23. The topological polar surface area (TPSA) is 51.5 Å². The van der Waals surface area contributed by atoms with Crippen LogP contribution in [0.25, 0.3) is 0 Å². The molecule has 0 aliphatic heterocycles. The number of nitrogens with one attached hydrogen (secondary N) is 1. The van der Waals surface area contributed by atoms with Gasteiger partial charge in [-0.2, -0.15) is 0 Å². The van der Waals surface area contributed by atoms with Crippen LogP contribution in [-0.2, 0) is 16.2 Å². The Bertz CT molecular complexity index is 290. The first-order chi connectivity index (χ1) is 6.20. The first-order valence-electron chi connectivity index (χ1n) is 3.80. The summed E-state index contributed by atoms with van der Waals surface area (Å²) in [7, 11) is 0. The highest BCUT2D eigenvalue weighted by molar-refractivity contribution is 5.91. The van der Waals surface area contributed by atoms with Crippen LogP contribution in [0.4, 0.5) is 0 Å². The molecule has 1 aromatic heterocycles. The van der Waals surface area contributed by atoms with Crippen LogP contribution in [0.5, 0.6) is 0 Å². The van der Waals surface area contributed by atoms with Crippen LogP contribution < -0.4 is 5.48 Å². The summed E-state index contributed by atoms with van der Waals surface area (Å²) in [6.45, 7) is 5.27. The van der Waals surface area contributed by atoms with E-state index in [0.29, 0.717) is 11.3 Å². The normalized spacial score (nSPS) is 9.62. The molecule has 0 aliphatic carbocycles. The third-order valence-corrected chi connectivity index (χ3v) is 1.35. The van der Waals surface area contributed by atoms with E-state index in [4.69, 9.17) is 9.25 Å². The van der Waals surface area contributed by atoms with Crippen molar-refractivity contribution in [1.29, 1.82) is 0 Å². The molecule has 0 aromatic carbocycles. The molecule has 0 fully saturated rings. The predicted octanol–water partition coefficient (Wildman–Crippen LogP) is 1.40. The summed E-state index contributed by atoms with van der Waals surface area (Å²) in [6.07, 6.45) is 1.54. The molecule has 1 rings (SSSR count). The Balaban J connectivity index is 2.22. The average molecular weight is 181 g/mol. The summed E-state index contributed by atoms with van der Waals surface area (Å²) in [5.74, 6) is 0.327. The number of carbonyl (C=O) groups excluding carboxylic acids is 1. The Hall–Kier alpha value is -1.55. The average Bonchev–Trinajstić information content (AvgIpc) is 2.56. The Labute approximate surface area is 76.1 Å². The maximum atomic E-state index is 10.9. The fourth-order valence-corrected chi connectivity index (χ4v) is 0.655. The number of hydrogen-bond acceptors (Lipinski definition) is 3. The lowest BCUT2D eigenvalue weighted by atomic mass is 10.3. The summed E-state index contributed by atoms with van der Waals surface area (Å²) in [4.78, 5) is 15.8. The maximum Gasteiger partial charge on any atom is 0.269 e. The number of hydroxylamine groups is 1. The minimum atomic E-state index is -0.327. The van der Waals surface area contributed by atoms with Crippen molar-refractivity contribution in [3.05, 3.63) is 36.3 Å². The number of rotatable bonds is 4. The fraction of sp³-hybridized carbons (Fsp3) is 0.222. The Morgan fingerprint density at radius 2 is 2.54 bits per heavy atom. The van der Waals surface area contributed by atoms with Gasteiger partial charge in [0.2, 0.25) is 0 Å². The van der Waals surface area contributed by atoms with Gasteiger partial charge in [-0.1, -0.05) is 6.58 Å². The van der Waals surface area contributed by atoms with Gasteiger partial charge in [0.25, 0.3) is 5.91 Å². The maximum absolute atomic E-state index is 10.9. The Morgan fingerprint density at radius 1 is 1.77 bits per heavy atom. The highest BCUT2D eigenvalue weighted by Gasteiger charge is 2.01. The molecule has 0 bridgehead atoms. The lowest BCUT2D eigenvalue weighted by molar-refractivity contribution is -0.130. The van der Waals surface area contributed by atoms with Crippen LogP contribution in [0.1, 0.15) is 12.7 Å². The van der Waals surface area contributed by atoms with Crippen LogP contribution in [0.3, 0.4) is 0 Å². The highest BCUT2D eigenvalue weighted by Crippen LogP contribution is 2.00. The molecule has 0 aliphatic rings. The Kier molecular flexibility index (Phi) is 3.28. The van der Waals surface area contributed by atoms with Crippen molar-refractivity contribution in [2.24, 2.45) is 0 Å². The highest BCUT2D eigenvalue weighted by atomic mass is 16.7. The molecule has 4 nitrogen and oxygen atoms in total. The van der Waals surface area contributed by atoms with E-state index in [0.717, 1.165) is 0 Å². The smallest absolute Gasteiger partial charge is 0.269 e. The summed E-state index contributed by atoms with van der Waals surface area (Å²) in [5.41, 5.74) is 2.62. The van der Waals surface area contributed by atoms with Crippen molar-refractivity contribution >= 4 is 5.91 Å². The van der Waals surface area contributed by atoms with E-state index < -0.39 is 0 Å². The molecule has 1 heterocycles. The monoisotopic (exact) mass is 181 g/mol. The second-order valence-corrected chi connectivity index (χ2v) is 2.58. The SMILES string of the molecule is C=C(C)C(=O)NOCc1ccco1. The first kappa shape index (κ1) is 9.54. The predicted molar refractivity (Wildman–Crippen MR) is 46.5 cm³/mol. The zero-order chi connectivity index (χ0) is 9.68. The molecule has 1 amide bonds. The van der Waals surface area contributed by atoms with E-state index in [1.807, 2.05) is 0 Å². The van der Waals surface area contributed by atoms with Gasteiger partial charge in [0.05, 0.1) is 6.26 Å². The lowest BCUT2D eigenvalue weighted by Gasteiger charge is -2.02. The molecule has 0 unspecified atom stereocenters. The zero-order valence-corrected chi connectivity index (χ0v) is 7.37. The first-order valence-corrected chi connectivity index (χ1v) is 3.80. The molecule has 1 N–H and O–H groups in total. The fourth-order valence-electron chi connectivity index (χ4n) is 0.655. The van der Waals surface area contributed by atoms with Crippen LogP contribution in [0.15, 0.2) is 35.0 Å². The molecular formula is C9H11NO3. The van der Waals surface area contributed by atoms with Crippen molar-refractivity contribution < 1.29 is 14.0 Å². The van der Waals surface area contributed by atoms with Gasteiger partial charge in [-0.25, -0.2) is 5.48 Å². The van der Waals surface area contributed by atoms with Crippen molar-refractivity contribution in [3.8, 4) is 0 Å². The molecule has 13 heavy (non-hydrogen) atoms. The van der Waals surface area contributed by atoms with Crippen LogP contribution in [-0.4, -0.2) is 5.91 Å². The molecule has 70 valence electrons. The van der Waals surface area contributed by atoms with Crippen molar-refractivity contribution in [2.75, 3.05) is 0 Å². The van der Waals surface area contributed by atoms with E-state index in [2.05, 4.69) is 12.1 Å². The zero-order valence-electron chi connectivity index (χ0n) is 7.37. The van der Waals surface area contributed by atoms with E-state index in [9.17, 15) is 4.79 Å². The Morgan fingerprint density at radius 3 is 3.08 bits per heavy atom. The molecule has 0 atom stereocenters. The van der Waals surface area contributed by atoms with Crippen molar-refractivity contribution in [2.45, 2.75) is 13.5 Å². The molecule has 0 saturated carbocycles. The summed E-state index contributed by atoms with van der Waals surface area (Å²) < 4.78 is 4.98. The second kappa shape index (κ2) is 4.47. The van der Waals surface area contributed by atoms with E-state index in [-0.39, 0.29) is 12.5 Å². The van der Waals surface area contributed by atoms with Gasteiger partial charge in [0.15, 0.2) is 0 Å². The largest absolute Gasteiger partial charge is 0.467 e. The van der Waals surface area contributed by atoms with Crippen LogP contribution >= 0.6 is 0 Å². The number of furan rings is 1. The van der Waals surface area contributed by atoms with E-state index in [1.165, 1.54) is 0 Å². The number of carbonyl (C=O) groups is 1. The van der Waals surface area contributed by atoms with Crippen molar-refractivity contribution in [3.63, 3.8) is 0 Å². The van der Waals surface area contributed by atoms with Gasteiger partial charge in [-0.15, -0.1) is 0 Å². The minimum absolute atomic E-state index is 0.214. The number of amides is 1. The van der Waals surface area contributed by atoms with Gasteiger partial charge in [-0.05, 0) is 19.1 Å². The van der Waals surface area contributed by atoms with Crippen LogP contribution in [0, 0.1) is 0 Å². The van der Waals surface area contributed by atoms with Gasteiger partial charge in [0, 0.05) is 5.57 Å². The third kappa shape index (κ3) is 3.13. The van der Waals surface area contributed by atoms with Gasteiger partial charge in [-0.3, -0.25) is 9.63 Å². The number of hydrogen-bond donors (Lipinski definition) is 1. The molecule has 0 spiro atoms. The second-order valence-electron chi connectivity index (χ2n) is 2.58. The summed E-state index contributed by atoms with van der Waals surface area (Å²) >= 11 is 0. The minimum Gasteiger partial charge on any atom is -0.467 e. The van der Waals surface area contributed by atoms with Gasteiger partial charge in [0.1, 0.15) is 12.4 Å². The quantitative estimate of drug-likeness (QED) is 0.564. The molecule has 1 aromatic rings. The molecular weight excluding hydrogens is 170 g/mol. The summed E-state index contributed by atoms with van der Waals surface area (Å²) in [6, 6.07) is 3.51. The van der Waals surface area contributed by atoms with E-state index in [1.54, 1.807) is 25.3 Å². The standard InChI is InChI=1S/C9H11NO3/c1-7(2)9(11)10-13-6-8-4-3-5-12-8/h3-5H,1,6H2,2H3,(H,10,11). The van der Waals surface area contributed by atoms with Gasteiger partial charge >= 0.3 is 0 Å². The van der Waals surface area contributed by atoms with Gasteiger partial charge < -0.3 is 4.42 Å². The van der Waals surface area contributed by atoms with E-state index >= 15 is 0 Å². The molecule has 4 heteroatoms. The summed E-state index contributed by atoms with van der Waals surface area (Å²) in [5, 5.41) is 0. The van der Waals surface area contributed by atoms with Crippen molar-refractivity contribution in [1.82, 2.24) is 5.48 Å².